The van der Waals surface area contributed by atoms with Crippen LogP contribution in [0.15, 0.2) is 11.6 Å². The highest BCUT2D eigenvalue weighted by atomic mass is 32.1. The zero-order valence-corrected chi connectivity index (χ0v) is 12.0. The summed E-state index contributed by atoms with van der Waals surface area (Å²) >= 11 is 1.21. The molecule has 0 atom stereocenters. The molecule has 1 aromatic rings. The second-order valence-electron chi connectivity index (χ2n) is 4.56. The van der Waals surface area contributed by atoms with Gasteiger partial charge in [-0.1, -0.05) is 11.6 Å². The van der Waals surface area contributed by atoms with Gasteiger partial charge in [-0.2, -0.15) is 4.37 Å². The molecule has 4 N–H and O–H groups in total. The quantitative estimate of drug-likeness (QED) is 0.715. The van der Waals surface area contributed by atoms with Gasteiger partial charge in [-0.3, -0.25) is 4.79 Å². The molecule has 1 heterocycles. The molecule has 0 saturated heterocycles. The zero-order chi connectivity index (χ0) is 13.7. The lowest BCUT2D eigenvalue weighted by atomic mass is 10.2. The molecule has 0 aliphatic heterocycles. The van der Waals surface area contributed by atoms with Crippen molar-refractivity contribution in [2.45, 2.75) is 33.7 Å². The van der Waals surface area contributed by atoms with Crippen LogP contribution in [0.2, 0.25) is 0 Å². The third-order valence-corrected chi connectivity index (χ3v) is 2.96. The van der Waals surface area contributed by atoms with Crippen molar-refractivity contribution in [3.63, 3.8) is 0 Å². The van der Waals surface area contributed by atoms with Crippen molar-refractivity contribution in [1.82, 2.24) is 9.69 Å². The molecule has 0 saturated carbocycles. The number of anilines is 2. The van der Waals surface area contributed by atoms with Crippen molar-refractivity contribution >= 4 is 28.3 Å². The van der Waals surface area contributed by atoms with E-state index in [1.54, 1.807) is 0 Å². The Bertz CT molecular complexity index is 447. The fraction of sp³-hybridized carbons (Fsp3) is 0.500. The fourth-order valence-corrected chi connectivity index (χ4v) is 2.04. The summed E-state index contributed by atoms with van der Waals surface area (Å²) in [6.07, 6.45) is 2.04. The molecule has 0 aliphatic rings. The highest BCUT2D eigenvalue weighted by Gasteiger charge is 2.19. The minimum absolute atomic E-state index is 0.0717. The molecule has 1 aromatic heterocycles. The van der Waals surface area contributed by atoms with Gasteiger partial charge in [0.05, 0.1) is 0 Å². The van der Waals surface area contributed by atoms with E-state index >= 15 is 0 Å². The third kappa shape index (κ3) is 4.03. The molecule has 0 fully saturated rings. The van der Waals surface area contributed by atoms with E-state index in [-0.39, 0.29) is 17.8 Å². The summed E-state index contributed by atoms with van der Waals surface area (Å²) in [5.74, 6) is 0.0915. The second kappa shape index (κ2) is 6.39. The van der Waals surface area contributed by atoms with Gasteiger partial charge in [0, 0.05) is 12.6 Å². The molecular formula is C12H20N4OS. The average molecular weight is 268 g/mol. The maximum absolute atomic E-state index is 12.0. The van der Waals surface area contributed by atoms with E-state index in [1.807, 2.05) is 33.8 Å². The lowest BCUT2D eigenvalue weighted by Gasteiger charge is -2.09. The van der Waals surface area contributed by atoms with Crippen molar-refractivity contribution in [3.05, 3.63) is 17.2 Å². The number of aromatic nitrogens is 1. The summed E-state index contributed by atoms with van der Waals surface area (Å²) in [4.78, 5) is 12.0. The second-order valence-corrected chi connectivity index (χ2v) is 5.34. The first-order valence-corrected chi connectivity index (χ1v) is 6.62. The lowest BCUT2D eigenvalue weighted by Crippen LogP contribution is -2.30. The summed E-state index contributed by atoms with van der Waals surface area (Å²) in [6, 6.07) is 0.0717. The van der Waals surface area contributed by atoms with Crippen LogP contribution in [0, 0.1) is 0 Å². The number of hydrogen-bond donors (Lipinski definition) is 3. The highest BCUT2D eigenvalue weighted by molar-refractivity contribution is 7.11. The molecule has 0 unspecified atom stereocenters. The number of carbonyl (C=O) groups is 1. The average Bonchev–Trinajstić information content (AvgIpc) is 2.58. The minimum atomic E-state index is -0.184. The summed E-state index contributed by atoms with van der Waals surface area (Å²) < 4.78 is 4.02. The van der Waals surface area contributed by atoms with Gasteiger partial charge in [-0.15, -0.1) is 0 Å². The van der Waals surface area contributed by atoms with Crippen LogP contribution in [-0.2, 0) is 0 Å². The Labute approximate surface area is 112 Å². The largest absolute Gasteiger partial charge is 0.382 e. The molecule has 0 spiro atoms. The number of nitrogens with zero attached hydrogens (tertiary/aromatic N) is 1. The number of rotatable bonds is 5. The highest BCUT2D eigenvalue weighted by Crippen LogP contribution is 2.26. The number of nitrogens with one attached hydrogen (secondary N) is 2. The van der Waals surface area contributed by atoms with Crippen molar-refractivity contribution in [2.24, 2.45) is 0 Å². The topological polar surface area (TPSA) is 80.0 Å². The third-order valence-electron chi connectivity index (χ3n) is 2.14. The molecule has 0 bridgehead atoms. The van der Waals surface area contributed by atoms with Gasteiger partial charge < -0.3 is 16.4 Å². The summed E-state index contributed by atoms with van der Waals surface area (Å²) in [7, 11) is 0. The molecule has 5 nitrogen and oxygen atoms in total. The van der Waals surface area contributed by atoms with Crippen molar-refractivity contribution < 1.29 is 4.79 Å². The Morgan fingerprint density at radius 1 is 1.50 bits per heavy atom. The molecule has 0 aromatic carbocycles. The smallest absolute Gasteiger partial charge is 0.258 e. The SMILES string of the molecule is CC(C)=CCNc1snc(N)c1C(=O)NC(C)C. The van der Waals surface area contributed by atoms with Crippen LogP contribution >= 0.6 is 11.5 Å². The van der Waals surface area contributed by atoms with Gasteiger partial charge in [-0.05, 0) is 39.2 Å². The summed E-state index contributed by atoms with van der Waals surface area (Å²) in [5, 5.41) is 6.69. The first-order valence-electron chi connectivity index (χ1n) is 5.85. The molecule has 18 heavy (non-hydrogen) atoms. The first-order chi connectivity index (χ1) is 8.41. The number of allylic oxidation sites excluding steroid dienone is 1. The lowest BCUT2D eigenvalue weighted by molar-refractivity contribution is 0.0945. The maximum atomic E-state index is 12.0. The van der Waals surface area contributed by atoms with E-state index in [2.05, 4.69) is 15.0 Å². The molecule has 1 rings (SSSR count). The van der Waals surface area contributed by atoms with Gasteiger partial charge >= 0.3 is 0 Å². The van der Waals surface area contributed by atoms with Crippen LogP contribution < -0.4 is 16.4 Å². The normalized spacial score (nSPS) is 10.3. The Morgan fingerprint density at radius 3 is 2.72 bits per heavy atom. The van der Waals surface area contributed by atoms with Crippen LogP contribution in [0.1, 0.15) is 38.1 Å². The number of nitrogen functional groups attached to an aromatic ring is 1. The Morgan fingerprint density at radius 2 is 2.17 bits per heavy atom. The standard InChI is InChI=1S/C12H20N4OS/c1-7(2)5-6-14-12-9(10(13)16-18-12)11(17)15-8(3)4/h5,8,14H,6H2,1-4H3,(H2,13,16)(H,15,17). The summed E-state index contributed by atoms with van der Waals surface area (Å²) in [6.45, 7) is 8.52. The number of amides is 1. The Kier molecular flexibility index (Phi) is 5.15. The van der Waals surface area contributed by atoms with Gasteiger partial charge in [0.15, 0.2) is 5.82 Å². The minimum Gasteiger partial charge on any atom is -0.382 e. The van der Waals surface area contributed by atoms with E-state index in [1.165, 1.54) is 17.1 Å². The van der Waals surface area contributed by atoms with Crippen LogP contribution in [0.4, 0.5) is 10.8 Å². The number of nitrogens with two attached hydrogens (primary N) is 1. The van der Waals surface area contributed by atoms with Crippen molar-refractivity contribution in [1.29, 1.82) is 0 Å². The number of carbonyl (C=O) groups excluding carboxylic acids is 1. The predicted octanol–water partition coefficient (Wildman–Crippen LogP) is 2.24. The van der Waals surface area contributed by atoms with E-state index in [9.17, 15) is 4.79 Å². The fourth-order valence-electron chi connectivity index (χ4n) is 1.32. The van der Waals surface area contributed by atoms with Crippen LogP contribution in [0.3, 0.4) is 0 Å². The van der Waals surface area contributed by atoms with E-state index < -0.39 is 0 Å². The summed E-state index contributed by atoms with van der Waals surface area (Å²) in [5.41, 5.74) is 7.39. The van der Waals surface area contributed by atoms with Crippen molar-refractivity contribution in [2.75, 3.05) is 17.6 Å². The van der Waals surface area contributed by atoms with Crippen molar-refractivity contribution in [3.8, 4) is 0 Å². The Balaban J connectivity index is 2.81. The zero-order valence-electron chi connectivity index (χ0n) is 11.2. The molecule has 0 radical (unpaired) electrons. The molecule has 0 aliphatic carbocycles. The number of hydrogen-bond acceptors (Lipinski definition) is 5. The molecule has 1 amide bonds. The molecule has 100 valence electrons. The van der Waals surface area contributed by atoms with Crippen LogP contribution in [-0.4, -0.2) is 22.9 Å². The van der Waals surface area contributed by atoms with Crippen LogP contribution in [0.25, 0.3) is 0 Å². The van der Waals surface area contributed by atoms with Crippen LogP contribution in [0.5, 0.6) is 0 Å². The van der Waals surface area contributed by atoms with E-state index in [0.717, 1.165) is 0 Å². The van der Waals surface area contributed by atoms with Gasteiger partial charge in [-0.25, -0.2) is 0 Å². The van der Waals surface area contributed by atoms with E-state index in [0.29, 0.717) is 17.1 Å². The Hall–Kier alpha value is -1.56. The van der Waals surface area contributed by atoms with Gasteiger partial charge in [0.1, 0.15) is 10.6 Å². The van der Waals surface area contributed by atoms with Gasteiger partial charge in [0.2, 0.25) is 0 Å². The van der Waals surface area contributed by atoms with Gasteiger partial charge in [0.25, 0.3) is 5.91 Å². The monoisotopic (exact) mass is 268 g/mol. The molecule has 6 heteroatoms. The van der Waals surface area contributed by atoms with E-state index in [4.69, 9.17) is 5.73 Å². The maximum Gasteiger partial charge on any atom is 0.258 e. The molecular weight excluding hydrogens is 248 g/mol. The predicted molar refractivity (Wildman–Crippen MR) is 77.0 cm³/mol. The first kappa shape index (κ1) is 14.5.